The van der Waals surface area contributed by atoms with Crippen LogP contribution >= 0.6 is 11.8 Å². The van der Waals surface area contributed by atoms with Crippen molar-refractivity contribution < 1.29 is 0 Å². The third-order valence-electron chi connectivity index (χ3n) is 10.3. The van der Waals surface area contributed by atoms with E-state index >= 15 is 0 Å². The molecular formula is C53H38N2S. The summed E-state index contributed by atoms with van der Waals surface area (Å²) in [7, 11) is 0. The van der Waals surface area contributed by atoms with Gasteiger partial charge in [0.05, 0.1) is 16.3 Å². The van der Waals surface area contributed by atoms with E-state index in [9.17, 15) is 5.41 Å². The molecule has 1 aliphatic heterocycles. The first-order chi connectivity index (χ1) is 27.6. The fourth-order valence-corrected chi connectivity index (χ4v) is 8.46. The van der Waals surface area contributed by atoms with Crippen molar-refractivity contribution in [2.24, 2.45) is 4.99 Å². The third kappa shape index (κ3) is 7.21. The van der Waals surface area contributed by atoms with Crippen LogP contribution in [0.2, 0.25) is 0 Å². The van der Waals surface area contributed by atoms with Crippen LogP contribution in [0.25, 0.3) is 61.3 Å². The van der Waals surface area contributed by atoms with E-state index in [1.165, 1.54) is 22.3 Å². The Labute approximate surface area is 333 Å². The van der Waals surface area contributed by atoms with Crippen LogP contribution in [0.15, 0.2) is 221 Å². The predicted molar refractivity (Wildman–Crippen MR) is 238 cm³/mol. The molecule has 8 aromatic carbocycles. The molecule has 0 fully saturated rings. The Balaban J connectivity index is 1.12. The molecule has 56 heavy (non-hydrogen) atoms. The molecule has 0 spiro atoms. The fourth-order valence-electron chi connectivity index (χ4n) is 7.34. The van der Waals surface area contributed by atoms with Crippen LogP contribution in [0.5, 0.6) is 0 Å². The van der Waals surface area contributed by atoms with Crippen LogP contribution in [-0.4, -0.2) is 11.4 Å². The molecule has 1 N–H and O–H groups in total. The summed E-state index contributed by atoms with van der Waals surface area (Å²) in [4.78, 5) is 7.41. The first kappa shape index (κ1) is 34.9. The Bertz CT molecular complexity index is 2710. The van der Waals surface area contributed by atoms with Crippen molar-refractivity contribution in [2.75, 3.05) is 0 Å². The molecule has 0 amide bonds. The largest absolute Gasteiger partial charge is 0.299 e. The van der Waals surface area contributed by atoms with Gasteiger partial charge in [0.25, 0.3) is 0 Å². The van der Waals surface area contributed by atoms with Crippen molar-refractivity contribution in [1.82, 2.24) is 0 Å². The zero-order valence-corrected chi connectivity index (χ0v) is 31.8. The number of allylic oxidation sites excluding steroid dienone is 1. The average molecular weight is 735 g/mol. The van der Waals surface area contributed by atoms with Crippen molar-refractivity contribution in [3.63, 3.8) is 0 Å². The van der Waals surface area contributed by atoms with Crippen LogP contribution in [-0.2, 0) is 0 Å². The second-order valence-corrected chi connectivity index (χ2v) is 15.0. The van der Waals surface area contributed by atoms with Gasteiger partial charge in [-0.1, -0.05) is 182 Å². The van der Waals surface area contributed by atoms with E-state index < -0.39 is 0 Å². The minimum absolute atomic E-state index is 0.505. The zero-order valence-electron chi connectivity index (χ0n) is 31.0. The van der Waals surface area contributed by atoms with E-state index in [0.29, 0.717) is 5.71 Å². The first-order valence-corrected chi connectivity index (χ1v) is 19.7. The van der Waals surface area contributed by atoms with Crippen molar-refractivity contribution in [2.45, 2.75) is 11.8 Å². The quantitative estimate of drug-likeness (QED) is 0.155. The summed E-state index contributed by atoms with van der Waals surface area (Å²) in [5.74, 6) is 0. The standard InChI is InChI=1S/C53H38N2S/c1-36(42-21-13-23-44(31-42)45-24-14-22-43(32-45)41-29-27-40(28-30-41)37-15-5-2-6-16-37)55-52(53-51(54)49-25-11-12-26-50(49)56-53)48-34-46(38-17-7-3-8-18-38)33-47(35-48)39-19-9-4-10-20-39/h2-35,54H,1H3/b53-52+,54-51?,55-36+. The lowest BCUT2D eigenvalue weighted by molar-refractivity contribution is 1.40. The Morgan fingerprint density at radius 3 is 1.39 bits per heavy atom. The van der Waals surface area contributed by atoms with Crippen molar-refractivity contribution in [3.05, 3.63) is 228 Å². The number of aliphatic imine (C=N–C) groups is 1. The second kappa shape index (κ2) is 15.5. The highest BCUT2D eigenvalue weighted by Crippen LogP contribution is 2.45. The smallest absolute Gasteiger partial charge is 0.0867 e. The van der Waals surface area contributed by atoms with Gasteiger partial charge in [0, 0.05) is 21.7 Å². The Morgan fingerprint density at radius 1 is 0.393 bits per heavy atom. The minimum atomic E-state index is 0.505. The molecule has 266 valence electrons. The molecule has 0 saturated heterocycles. The highest BCUT2D eigenvalue weighted by molar-refractivity contribution is 8.05. The van der Waals surface area contributed by atoms with Crippen LogP contribution in [0, 0.1) is 5.41 Å². The molecular weight excluding hydrogens is 697 g/mol. The van der Waals surface area contributed by atoms with E-state index in [4.69, 9.17) is 4.99 Å². The number of hydrogen-bond acceptors (Lipinski definition) is 3. The summed E-state index contributed by atoms with van der Waals surface area (Å²) in [6.45, 7) is 2.08. The topological polar surface area (TPSA) is 36.2 Å². The van der Waals surface area contributed by atoms with Gasteiger partial charge in [-0.15, -0.1) is 0 Å². The number of fused-ring (bicyclic) bond motifs is 1. The molecule has 8 aromatic rings. The zero-order chi connectivity index (χ0) is 37.8. The van der Waals surface area contributed by atoms with Gasteiger partial charge in [-0.05, 0) is 105 Å². The average Bonchev–Trinajstić information content (AvgIpc) is 3.61. The summed E-state index contributed by atoms with van der Waals surface area (Å²) >= 11 is 1.63. The van der Waals surface area contributed by atoms with Gasteiger partial charge in [0.1, 0.15) is 0 Å². The van der Waals surface area contributed by atoms with Crippen LogP contribution in [0.1, 0.15) is 23.6 Å². The van der Waals surface area contributed by atoms with Gasteiger partial charge in [0.2, 0.25) is 0 Å². The molecule has 0 bridgehead atoms. The molecule has 9 rings (SSSR count). The van der Waals surface area contributed by atoms with Gasteiger partial charge in [-0.2, -0.15) is 0 Å². The molecule has 0 aliphatic carbocycles. The van der Waals surface area contributed by atoms with E-state index in [2.05, 4.69) is 177 Å². The van der Waals surface area contributed by atoms with Gasteiger partial charge in [-0.25, -0.2) is 0 Å². The summed E-state index contributed by atoms with van der Waals surface area (Å²) in [5, 5.41) is 9.40. The third-order valence-corrected chi connectivity index (χ3v) is 11.5. The number of hydrogen-bond donors (Lipinski definition) is 1. The monoisotopic (exact) mass is 734 g/mol. The lowest BCUT2D eigenvalue weighted by atomic mass is 9.94. The molecule has 0 radical (unpaired) electrons. The van der Waals surface area contributed by atoms with E-state index in [-0.39, 0.29) is 0 Å². The van der Waals surface area contributed by atoms with Gasteiger partial charge >= 0.3 is 0 Å². The van der Waals surface area contributed by atoms with Gasteiger partial charge in [0.15, 0.2) is 0 Å². The van der Waals surface area contributed by atoms with E-state index in [0.717, 1.165) is 71.3 Å². The summed E-state index contributed by atoms with van der Waals surface area (Å²) in [5.41, 5.74) is 16.7. The maximum atomic E-state index is 9.40. The number of benzene rings is 8. The minimum Gasteiger partial charge on any atom is -0.299 e. The highest BCUT2D eigenvalue weighted by atomic mass is 32.2. The predicted octanol–water partition coefficient (Wildman–Crippen LogP) is 14.4. The molecule has 2 nitrogen and oxygen atoms in total. The highest BCUT2D eigenvalue weighted by Gasteiger charge is 2.27. The van der Waals surface area contributed by atoms with E-state index in [1.807, 2.05) is 36.4 Å². The van der Waals surface area contributed by atoms with Crippen LogP contribution in [0.4, 0.5) is 0 Å². The maximum absolute atomic E-state index is 9.40. The molecule has 1 aliphatic rings. The number of rotatable bonds is 8. The summed E-state index contributed by atoms with van der Waals surface area (Å²) < 4.78 is 0. The Morgan fingerprint density at radius 2 is 0.804 bits per heavy atom. The van der Waals surface area contributed by atoms with Crippen molar-refractivity contribution in [3.8, 4) is 55.6 Å². The molecule has 0 unspecified atom stereocenters. The Hall–Kier alpha value is -6.81. The SMILES string of the molecule is C/C(=N\C(=C1\Sc2ccccc2C1=N)c1cc(-c2ccccc2)cc(-c2ccccc2)c1)c1cccc(-c2cccc(-c3ccc(-c4ccccc4)cc3)c2)c1. The fraction of sp³-hybridized carbons (Fsp3) is 0.0189. The van der Waals surface area contributed by atoms with Gasteiger partial charge < -0.3 is 0 Å². The molecule has 3 heteroatoms. The van der Waals surface area contributed by atoms with E-state index in [1.54, 1.807) is 11.8 Å². The molecule has 0 aromatic heterocycles. The van der Waals surface area contributed by atoms with Crippen LogP contribution < -0.4 is 0 Å². The lowest BCUT2D eigenvalue weighted by Crippen LogP contribution is -2.02. The number of nitrogens with one attached hydrogen (secondary N) is 1. The first-order valence-electron chi connectivity index (χ1n) is 18.9. The number of nitrogens with zero attached hydrogens (tertiary/aromatic N) is 1. The molecule has 1 heterocycles. The summed E-state index contributed by atoms with van der Waals surface area (Å²) in [6, 6.07) is 72.6. The molecule has 0 atom stereocenters. The summed E-state index contributed by atoms with van der Waals surface area (Å²) in [6.07, 6.45) is 0. The number of thioether (sulfide) groups is 1. The second-order valence-electron chi connectivity index (χ2n) is 14.0. The normalized spacial score (nSPS) is 13.4. The Kier molecular flexibility index (Phi) is 9.67. The van der Waals surface area contributed by atoms with Crippen molar-refractivity contribution in [1.29, 1.82) is 5.41 Å². The maximum Gasteiger partial charge on any atom is 0.0867 e. The lowest BCUT2D eigenvalue weighted by Gasteiger charge is -2.15. The molecule has 0 saturated carbocycles. The van der Waals surface area contributed by atoms with Crippen molar-refractivity contribution >= 4 is 28.9 Å². The van der Waals surface area contributed by atoms with Gasteiger partial charge in [-0.3, -0.25) is 10.4 Å². The van der Waals surface area contributed by atoms with Crippen LogP contribution in [0.3, 0.4) is 0 Å².